The summed E-state index contributed by atoms with van der Waals surface area (Å²) in [6, 6.07) is 0. The molecule has 0 N–H and O–H groups in total. The van der Waals surface area contributed by atoms with Gasteiger partial charge in [0.25, 0.3) is 0 Å². The van der Waals surface area contributed by atoms with Crippen LogP contribution in [0, 0.1) is 5.92 Å². The highest BCUT2D eigenvalue weighted by atomic mass is 14.1. The van der Waals surface area contributed by atoms with Crippen LogP contribution in [0.15, 0.2) is 16.9 Å². The van der Waals surface area contributed by atoms with Gasteiger partial charge < -0.3 is 0 Å². The minimum atomic E-state index is 0.822. The van der Waals surface area contributed by atoms with Crippen LogP contribution < -0.4 is 0 Å². The molecule has 0 saturated heterocycles. The molecule has 0 nitrogen and oxygen atoms in total. The lowest BCUT2D eigenvalue weighted by atomic mass is 9.94. The minimum absolute atomic E-state index is 0.822. The average Bonchev–Trinajstić information content (AvgIpc) is 2.16. The van der Waals surface area contributed by atoms with Gasteiger partial charge in [-0.05, 0) is 62.5 Å². The zero-order chi connectivity index (χ0) is 10.4. The van der Waals surface area contributed by atoms with E-state index in [0.717, 1.165) is 5.92 Å². The highest BCUT2D eigenvalue weighted by Gasteiger charge is 2.04. The Kier molecular flexibility index (Phi) is 5.04. The van der Waals surface area contributed by atoms with E-state index in [0.29, 0.717) is 0 Å². The quantitative estimate of drug-likeness (QED) is 0.560. The Morgan fingerprint density at radius 3 is 2.43 bits per heavy atom. The molecule has 0 aliphatic heterocycles. The van der Waals surface area contributed by atoms with Crippen molar-refractivity contribution >= 4 is 0 Å². The van der Waals surface area contributed by atoms with E-state index in [2.05, 4.69) is 26.5 Å². The molecular formula is C14H24. The van der Waals surface area contributed by atoms with E-state index in [1.165, 1.54) is 50.5 Å². The molecule has 1 fully saturated rings. The Labute approximate surface area is 89.1 Å². The van der Waals surface area contributed by atoms with Crippen LogP contribution >= 0.6 is 0 Å². The van der Waals surface area contributed by atoms with E-state index in [-0.39, 0.29) is 0 Å². The van der Waals surface area contributed by atoms with Gasteiger partial charge in [-0.1, -0.05) is 20.3 Å². The van der Waals surface area contributed by atoms with Gasteiger partial charge >= 0.3 is 0 Å². The molecular weight excluding hydrogens is 168 g/mol. The van der Waals surface area contributed by atoms with Crippen molar-refractivity contribution in [1.82, 2.24) is 0 Å². The van der Waals surface area contributed by atoms with E-state index in [4.69, 9.17) is 0 Å². The second kappa shape index (κ2) is 6.09. The molecule has 0 aromatic rings. The SMILES string of the molecule is CC(=C=C1CCCCC1)CCC(C)C. The topological polar surface area (TPSA) is 0 Å². The van der Waals surface area contributed by atoms with Gasteiger partial charge in [0.1, 0.15) is 0 Å². The largest absolute Gasteiger partial charge is 0.123 e. The fraction of sp³-hybridized carbons (Fsp3) is 0.786. The molecule has 0 spiro atoms. The molecule has 0 unspecified atom stereocenters. The van der Waals surface area contributed by atoms with Crippen LogP contribution in [-0.2, 0) is 0 Å². The fourth-order valence-corrected chi connectivity index (χ4v) is 1.97. The Morgan fingerprint density at radius 2 is 1.86 bits per heavy atom. The maximum atomic E-state index is 3.61. The highest BCUT2D eigenvalue weighted by Crippen LogP contribution is 2.22. The Balaban J connectivity index is 2.46. The smallest absolute Gasteiger partial charge is 0.0244 e. The molecule has 0 aromatic heterocycles. The lowest BCUT2D eigenvalue weighted by Crippen LogP contribution is -1.93. The molecule has 14 heavy (non-hydrogen) atoms. The summed E-state index contributed by atoms with van der Waals surface area (Å²) in [7, 11) is 0. The molecule has 0 radical (unpaired) electrons. The molecule has 1 aliphatic rings. The van der Waals surface area contributed by atoms with Gasteiger partial charge in [0, 0.05) is 0 Å². The molecule has 0 atom stereocenters. The second-order valence-corrected chi connectivity index (χ2v) is 5.00. The van der Waals surface area contributed by atoms with Gasteiger partial charge in [0.15, 0.2) is 0 Å². The number of rotatable bonds is 3. The van der Waals surface area contributed by atoms with E-state index < -0.39 is 0 Å². The van der Waals surface area contributed by atoms with E-state index >= 15 is 0 Å². The van der Waals surface area contributed by atoms with Crippen LogP contribution in [-0.4, -0.2) is 0 Å². The van der Waals surface area contributed by atoms with Crippen molar-refractivity contribution in [3.8, 4) is 0 Å². The first-order valence-electron chi connectivity index (χ1n) is 6.12. The molecule has 1 aliphatic carbocycles. The zero-order valence-corrected chi connectivity index (χ0v) is 10.0. The van der Waals surface area contributed by atoms with Crippen molar-refractivity contribution in [2.24, 2.45) is 5.92 Å². The fourth-order valence-electron chi connectivity index (χ4n) is 1.97. The van der Waals surface area contributed by atoms with Crippen LogP contribution in [0.4, 0.5) is 0 Å². The van der Waals surface area contributed by atoms with Crippen molar-refractivity contribution in [2.75, 3.05) is 0 Å². The van der Waals surface area contributed by atoms with Crippen molar-refractivity contribution in [1.29, 1.82) is 0 Å². The summed E-state index contributed by atoms with van der Waals surface area (Å²) in [6.07, 6.45) is 9.36. The monoisotopic (exact) mass is 192 g/mol. The van der Waals surface area contributed by atoms with E-state index in [1.54, 1.807) is 5.57 Å². The second-order valence-electron chi connectivity index (χ2n) is 5.00. The molecule has 0 heterocycles. The number of allylic oxidation sites excluding steroid dienone is 1. The summed E-state index contributed by atoms with van der Waals surface area (Å²) in [6.45, 7) is 6.83. The molecule has 0 heteroatoms. The van der Waals surface area contributed by atoms with Gasteiger partial charge in [-0.25, -0.2) is 0 Å². The van der Waals surface area contributed by atoms with Gasteiger partial charge in [0.05, 0.1) is 0 Å². The van der Waals surface area contributed by atoms with Gasteiger partial charge in [-0.3, -0.25) is 0 Å². The van der Waals surface area contributed by atoms with E-state index in [9.17, 15) is 0 Å². The predicted octanol–water partition coefficient (Wildman–Crippen LogP) is 4.86. The van der Waals surface area contributed by atoms with Crippen LogP contribution in [0.25, 0.3) is 0 Å². The number of hydrogen-bond donors (Lipinski definition) is 0. The first-order valence-corrected chi connectivity index (χ1v) is 6.12. The van der Waals surface area contributed by atoms with E-state index in [1.807, 2.05) is 0 Å². The van der Waals surface area contributed by atoms with Crippen LogP contribution in [0.3, 0.4) is 0 Å². The normalized spacial score (nSPS) is 17.0. The van der Waals surface area contributed by atoms with Crippen molar-refractivity contribution < 1.29 is 0 Å². The third-order valence-electron chi connectivity index (χ3n) is 2.94. The average molecular weight is 192 g/mol. The van der Waals surface area contributed by atoms with Crippen LogP contribution in [0.2, 0.25) is 0 Å². The summed E-state index contributed by atoms with van der Waals surface area (Å²) < 4.78 is 0. The lowest BCUT2D eigenvalue weighted by Gasteiger charge is -2.11. The molecule has 80 valence electrons. The molecule has 0 aromatic carbocycles. The zero-order valence-electron chi connectivity index (χ0n) is 10.0. The Hall–Kier alpha value is -0.480. The lowest BCUT2D eigenvalue weighted by molar-refractivity contribution is 0.582. The Morgan fingerprint density at radius 1 is 1.21 bits per heavy atom. The van der Waals surface area contributed by atoms with Crippen LogP contribution in [0.5, 0.6) is 0 Å². The van der Waals surface area contributed by atoms with Crippen molar-refractivity contribution in [3.05, 3.63) is 16.9 Å². The summed E-state index contributed by atoms with van der Waals surface area (Å²) in [4.78, 5) is 0. The molecule has 0 amide bonds. The van der Waals surface area contributed by atoms with Crippen LogP contribution in [0.1, 0.15) is 65.7 Å². The summed E-state index contributed by atoms with van der Waals surface area (Å²) >= 11 is 0. The number of hydrogen-bond acceptors (Lipinski definition) is 0. The van der Waals surface area contributed by atoms with Gasteiger partial charge in [-0.15, -0.1) is 5.73 Å². The predicted molar refractivity (Wildman–Crippen MR) is 63.4 cm³/mol. The maximum Gasteiger partial charge on any atom is -0.0244 e. The first kappa shape index (κ1) is 11.6. The Bertz CT molecular complexity index is 218. The third-order valence-corrected chi connectivity index (χ3v) is 2.94. The van der Waals surface area contributed by atoms with Crippen molar-refractivity contribution in [3.63, 3.8) is 0 Å². The summed E-state index contributed by atoms with van der Waals surface area (Å²) in [5, 5.41) is 0. The summed E-state index contributed by atoms with van der Waals surface area (Å²) in [5.74, 6) is 0.822. The third kappa shape index (κ3) is 4.67. The highest BCUT2D eigenvalue weighted by molar-refractivity contribution is 5.09. The van der Waals surface area contributed by atoms with Crippen molar-refractivity contribution in [2.45, 2.75) is 65.7 Å². The van der Waals surface area contributed by atoms with Gasteiger partial charge in [0.2, 0.25) is 0 Å². The standard InChI is InChI=1S/C14H24/c1-12(2)9-10-13(3)11-14-7-5-4-6-8-14/h12H,4-10H2,1-3H3. The maximum absolute atomic E-state index is 3.61. The summed E-state index contributed by atoms with van der Waals surface area (Å²) in [5.41, 5.74) is 6.66. The molecule has 1 rings (SSSR count). The minimum Gasteiger partial charge on any atom is -0.123 e. The molecule has 1 saturated carbocycles. The van der Waals surface area contributed by atoms with Gasteiger partial charge in [-0.2, -0.15) is 0 Å². The molecule has 0 bridgehead atoms. The first-order chi connectivity index (χ1) is 6.68.